The summed E-state index contributed by atoms with van der Waals surface area (Å²) in [4.78, 5) is 25.5. The van der Waals surface area contributed by atoms with E-state index < -0.39 is 5.91 Å². The minimum atomic E-state index is -0.427. The predicted octanol–water partition coefficient (Wildman–Crippen LogP) is 3.35. The first kappa shape index (κ1) is 18.5. The fourth-order valence-corrected chi connectivity index (χ4v) is 2.88. The van der Waals surface area contributed by atoms with Crippen molar-refractivity contribution < 1.29 is 4.79 Å². The average Bonchev–Trinajstić information content (AvgIpc) is 2.69. The van der Waals surface area contributed by atoms with E-state index >= 15 is 0 Å². The van der Waals surface area contributed by atoms with Crippen LogP contribution in [-0.4, -0.2) is 21.4 Å². The van der Waals surface area contributed by atoms with Crippen LogP contribution < -0.4 is 11.0 Å². The number of benzene rings is 2. The summed E-state index contributed by atoms with van der Waals surface area (Å²) in [5, 5.41) is 9.45. The number of nitrogens with zero attached hydrogens (tertiary/aromatic N) is 3. The van der Waals surface area contributed by atoms with Crippen LogP contribution in [0, 0.1) is 0 Å². The summed E-state index contributed by atoms with van der Waals surface area (Å²) in [5.41, 5.74) is 4.30. The van der Waals surface area contributed by atoms with Crippen molar-refractivity contribution in [3.8, 4) is 0 Å². The second-order valence-corrected chi connectivity index (χ2v) is 6.38. The van der Waals surface area contributed by atoms with Gasteiger partial charge in [-0.1, -0.05) is 61.9 Å². The van der Waals surface area contributed by atoms with Gasteiger partial charge in [-0.2, -0.15) is 10.2 Å². The van der Waals surface area contributed by atoms with Crippen molar-refractivity contribution in [3.05, 3.63) is 76.2 Å². The Balaban J connectivity index is 2.03. The molecule has 1 heterocycles. The van der Waals surface area contributed by atoms with Crippen LogP contribution in [0.25, 0.3) is 10.8 Å². The smallest absolute Gasteiger partial charge is 0.267 e. The van der Waals surface area contributed by atoms with Gasteiger partial charge in [-0.15, -0.1) is 0 Å². The molecule has 3 rings (SSSR count). The Kier molecular flexibility index (Phi) is 5.76. The Morgan fingerprint density at radius 3 is 2.44 bits per heavy atom. The number of hydrogen-bond acceptors (Lipinski definition) is 4. The summed E-state index contributed by atoms with van der Waals surface area (Å²) >= 11 is 0. The van der Waals surface area contributed by atoms with Crippen LogP contribution >= 0.6 is 0 Å². The normalized spacial score (nSPS) is 11.6. The minimum Gasteiger partial charge on any atom is -0.267 e. The van der Waals surface area contributed by atoms with Crippen molar-refractivity contribution in [1.82, 2.24) is 15.2 Å². The first-order chi connectivity index (χ1) is 13.1. The summed E-state index contributed by atoms with van der Waals surface area (Å²) in [7, 11) is 0. The highest BCUT2D eigenvalue weighted by Gasteiger charge is 2.16. The minimum absolute atomic E-state index is 0.189. The van der Waals surface area contributed by atoms with Crippen LogP contribution in [-0.2, 0) is 6.54 Å². The Morgan fingerprint density at radius 2 is 1.74 bits per heavy atom. The fraction of sp³-hybridized carbons (Fsp3) is 0.238. The molecule has 2 aromatic carbocycles. The number of rotatable bonds is 6. The predicted molar refractivity (Wildman–Crippen MR) is 107 cm³/mol. The molecule has 0 saturated heterocycles. The van der Waals surface area contributed by atoms with E-state index in [0.29, 0.717) is 17.3 Å². The molecule has 0 aliphatic carbocycles. The monoisotopic (exact) mass is 362 g/mol. The summed E-state index contributed by atoms with van der Waals surface area (Å²) in [6.07, 6.45) is 1.76. The van der Waals surface area contributed by atoms with Gasteiger partial charge in [-0.05, 0) is 25.0 Å². The maximum Gasteiger partial charge on any atom is 0.292 e. The molecule has 0 spiro atoms. The van der Waals surface area contributed by atoms with E-state index in [1.165, 1.54) is 4.68 Å². The lowest BCUT2D eigenvalue weighted by Gasteiger charge is -2.10. The van der Waals surface area contributed by atoms with Crippen LogP contribution in [0.1, 0.15) is 42.7 Å². The van der Waals surface area contributed by atoms with Crippen molar-refractivity contribution >= 4 is 22.4 Å². The van der Waals surface area contributed by atoms with E-state index in [0.717, 1.165) is 24.1 Å². The highest BCUT2D eigenvalue weighted by Crippen LogP contribution is 2.14. The molecule has 0 fully saturated rings. The van der Waals surface area contributed by atoms with Gasteiger partial charge < -0.3 is 0 Å². The van der Waals surface area contributed by atoms with E-state index in [-0.39, 0.29) is 11.3 Å². The molecule has 0 bridgehead atoms. The molecule has 0 saturated carbocycles. The maximum atomic E-state index is 12.8. The van der Waals surface area contributed by atoms with Gasteiger partial charge in [0.25, 0.3) is 11.5 Å². The molecule has 0 unspecified atom stereocenters. The van der Waals surface area contributed by atoms with E-state index in [9.17, 15) is 9.59 Å². The Morgan fingerprint density at radius 1 is 1.07 bits per heavy atom. The van der Waals surface area contributed by atoms with Crippen LogP contribution in [0.3, 0.4) is 0 Å². The number of amides is 1. The molecule has 3 aromatic rings. The number of carbonyl (C=O) groups is 1. The Hall–Kier alpha value is -3.28. The van der Waals surface area contributed by atoms with Gasteiger partial charge in [0.15, 0.2) is 5.69 Å². The lowest BCUT2D eigenvalue weighted by atomic mass is 10.1. The van der Waals surface area contributed by atoms with Crippen molar-refractivity contribution in [2.24, 2.45) is 5.10 Å². The van der Waals surface area contributed by atoms with E-state index in [2.05, 4.69) is 22.5 Å². The van der Waals surface area contributed by atoms with E-state index in [4.69, 9.17) is 0 Å². The number of hydrazone groups is 1. The topological polar surface area (TPSA) is 76.3 Å². The van der Waals surface area contributed by atoms with Gasteiger partial charge in [0.1, 0.15) is 0 Å². The zero-order valence-electron chi connectivity index (χ0n) is 15.5. The molecule has 1 N–H and O–H groups in total. The fourth-order valence-electron chi connectivity index (χ4n) is 2.88. The van der Waals surface area contributed by atoms with Crippen LogP contribution in [0.5, 0.6) is 0 Å². The largest absolute Gasteiger partial charge is 0.292 e. The highest BCUT2D eigenvalue weighted by atomic mass is 16.2. The molecule has 1 aromatic heterocycles. The van der Waals surface area contributed by atoms with Crippen LogP contribution in [0.2, 0.25) is 0 Å². The number of nitrogens with one attached hydrogen (secondary N) is 1. The van der Waals surface area contributed by atoms with Gasteiger partial charge in [-0.25, -0.2) is 10.1 Å². The van der Waals surface area contributed by atoms with Crippen molar-refractivity contribution in [2.45, 2.75) is 33.2 Å². The summed E-state index contributed by atoms with van der Waals surface area (Å²) in [5.74, 6) is -0.427. The molecule has 6 heteroatoms. The molecule has 6 nitrogen and oxygen atoms in total. The maximum absolute atomic E-state index is 12.8. The Bertz CT molecular complexity index is 1040. The average molecular weight is 362 g/mol. The number of aromatic nitrogens is 2. The van der Waals surface area contributed by atoms with E-state index in [1.54, 1.807) is 24.3 Å². The summed E-state index contributed by atoms with van der Waals surface area (Å²) in [6.45, 7) is 4.21. The molecule has 27 heavy (non-hydrogen) atoms. The van der Waals surface area contributed by atoms with Gasteiger partial charge in [-0.3, -0.25) is 9.59 Å². The van der Waals surface area contributed by atoms with Crippen molar-refractivity contribution in [3.63, 3.8) is 0 Å². The zero-order chi connectivity index (χ0) is 19.2. The molecule has 138 valence electrons. The SMILES string of the molecule is CCC/C(C)=N\NC(=O)c1nn(Cc2ccccc2)c(=O)c2ccccc12. The molecular formula is C21H22N4O2. The number of hydrogen-bond donors (Lipinski definition) is 1. The lowest BCUT2D eigenvalue weighted by molar-refractivity contribution is 0.0949. The Labute approximate surface area is 157 Å². The van der Waals surface area contributed by atoms with Gasteiger partial charge in [0, 0.05) is 11.1 Å². The third-order valence-electron chi connectivity index (χ3n) is 4.22. The van der Waals surface area contributed by atoms with Crippen molar-refractivity contribution in [2.75, 3.05) is 0 Å². The van der Waals surface area contributed by atoms with Gasteiger partial charge >= 0.3 is 0 Å². The standard InChI is InChI=1S/C21H22N4O2/c1-3-9-15(2)22-23-20(26)19-17-12-7-8-13-18(17)21(27)25(24-19)14-16-10-5-4-6-11-16/h4-8,10-13H,3,9,14H2,1-2H3,(H,23,26)/b22-15-. The van der Waals surface area contributed by atoms with Crippen LogP contribution in [0.15, 0.2) is 64.5 Å². The zero-order valence-corrected chi connectivity index (χ0v) is 15.5. The van der Waals surface area contributed by atoms with E-state index in [1.807, 2.05) is 37.3 Å². The lowest BCUT2D eigenvalue weighted by Crippen LogP contribution is -2.29. The third kappa shape index (κ3) is 4.28. The molecular weight excluding hydrogens is 340 g/mol. The molecule has 0 aliphatic rings. The van der Waals surface area contributed by atoms with Crippen molar-refractivity contribution in [1.29, 1.82) is 0 Å². The summed E-state index contributed by atoms with van der Waals surface area (Å²) < 4.78 is 1.33. The summed E-state index contributed by atoms with van der Waals surface area (Å²) in [6, 6.07) is 16.6. The van der Waals surface area contributed by atoms with Gasteiger partial charge in [0.2, 0.25) is 0 Å². The van der Waals surface area contributed by atoms with Crippen LogP contribution in [0.4, 0.5) is 0 Å². The second kappa shape index (κ2) is 8.40. The quantitative estimate of drug-likeness (QED) is 0.540. The van der Waals surface area contributed by atoms with Gasteiger partial charge in [0.05, 0.1) is 11.9 Å². The third-order valence-corrected chi connectivity index (χ3v) is 4.22. The first-order valence-corrected chi connectivity index (χ1v) is 8.97. The molecule has 1 amide bonds. The highest BCUT2D eigenvalue weighted by molar-refractivity contribution is 6.05. The second-order valence-electron chi connectivity index (χ2n) is 6.38. The molecule has 0 atom stereocenters. The molecule has 0 aliphatic heterocycles. The first-order valence-electron chi connectivity index (χ1n) is 8.97. The molecule has 0 radical (unpaired) electrons. The number of fused-ring (bicyclic) bond motifs is 1. The number of carbonyl (C=O) groups excluding carboxylic acids is 1.